The lowest BCUT2D eigenvalue weighted by Gasteiger charge is -2.11. The number of hydrogen-bond acceptors (Lipinski definition) is 4. The van der Waals surface area contributed by atoms with Crippen molar-refractivity contribution < 1.29 is 0 Å². The van der Waals surface area contributed by atoms with Gasteiger partial charge in [-0.2, -0.15) is 10.2 Å². The molecule has 0 fully saturated rings. The minimum absolute atomic E-state index is 0. The number of halogens is 1. The van der Waals surface area contributed by atoms with Crippen LogP contribution >= 0.6 is 24.0 Å². The number of benzene rings is 1. The molecule has 0 aliphatic rings. The second kappa shape index (κ2) is 9.90. The smallest absolute Gasteiger partial charge is 0.191 e. The fraction of sp³-hybridized carbons (Fsp3) is 0.294. The van der Waals surface area contributed by atoms with E-state index >= 15 is 0 Å². The average molecular weight is 466 g/mol. The number of nitrogens with zero attached hydrogens (tertiary/aromatic N) is 6. The van der Waals surface area contributed by atoms with Gasteiger partial charge < -0.3 is 10.6 Å². The predicted molar refractivity (Wildman–Crippen MR) is 112 cm³/mol. The Hall–Kier alpha value is -2.43. The Balaban J connectivity index is 0.00000243. The molecule has 138 valence electrons. The molecule has 2 aromatic heterocycles. The molecule has 2 heterocycles. The molecule has 0 unspecified atom stereocenters. The number of aromatic nitrogens is 5. The molecule has 8 nitrogen and oxygen atoms in total. The van der Waals surface area contributed by atoms with Crippen molar-refractivity contribution >= 4 is 29.9 Å². The predicted octanol–water partition coefficient (Wildman–Crippen LogP) is 1.87. The van der Waals surface area contributed by atoms with Crippen molar-refractivity contribution in [3.05, 3.63) is 60.4 Å². The van der Waals surface area contributed by atoms with Crippen molar-refractivity contribution in [3.8, 4) is 5.69 Å². The number of guanidine groups is 1. The summed E-state index contributed by atoms with van der Waals surface area (Å²) in [6.45, 7) is 3.97. The standard InChI is InChI=1S/C17H22N8.HI/c1-3-18-17(20-12-16-21-13-23-24(16)2)19-11-14-6-4-7-15(10-14)25-9-5-8-22-25;/h4-10,13H,3,11-12H2,1-2H3,(H2,18,19,20);1H. The van der Waals surface area contributed by atoms with E-state index in [0.29, 0.717) is 13.1 Å². The van der Waals surface area contributed by atoms with E-state index in [-0.39, 0.29) is 24.0 Å². The molecule has 0 radical (unpaired) electrons. The Morgan fingerprint density at radius 2 is 2.08 bits per heavy atom. The SMILES string of the molecule is CCNC(=NCc1cccc(-n2cccn2)c1)NCc1ncnn1C.I. The van der Waals surface area contributed by atoms with E-state index in [9.17, 15) is 0 Å². The van der Waals surface area contributed by atoms with Crippen LogP contribution in [0, 0.1) is 0 Å². The molecule has 0 saturated heterocycles. The summed E-state index contributed by atoms with van der Waals surface area (Å²) in [4.78, 5) is 8.85. The number of hydrogen-bond donors (Lipinski definition) is 2. The van der Waals surface area contributed by atoms with Crippen molar-refractivity contribution in [2.75, 3.05) is 6.54 Å². The van der Waals surface area contributed by atoms with E-state index in [4.69, 9.17) is 0 Å². The molecule has 0 spiro atoms. The van der Waals surface area contributed by atoms with E-state index in [1.54, 1.807) is 17.2 Å². The lowest BCUT2D eigenvalue weighted by Crippen LogP contribution is -2.37. The van der Waals surface area contributed by atoms with E-state index in [1.165, 1.54) is 0 Å². The summed E-state index contributed by atoms with van der Waals surface area (Å²) in [5, 5.41) is 14.8. The molecule has 2 N–H and O–H groups in total. The quantitative estimate of drug-likeness (QED) is 0.329. The summed E-state index contributed by atoms with van der Waals surface area (Å²) in [6.07, 6.45) is 5.24. The monoisotopic (exact) mass is 466 g/mol. The Bertz CT molecular complexity index is 825. The Morgan fingerprint density at radius 3 is 2.77 bits per heavy atom. The lowest BCUT2D eigenvalue weighted by atomic mass is 10.2. The molecule has 0 atom stereocenters. The minimum atomic E-state index is 0. The molecular weight excluding hydrogens is 443 g/mol. The van der Waals surface area contributed by atoms with Crippen LogP contribution in [0.1, 0.15) is 18.3 Å². The van der Waals surface area contributed by atoms with E-state index in [0.717, 1.165) is 29.6 Å². The van der Waals surface area contributed by atoms with Crippen molar-refractivity contribution in [2.24, 2.45) is 12.0 Å². The molecular formula is C17H23IN8. The first-order valence-corrected chi connectivity index (χ1v) is 8.20. The molecule has 1 aromatic carbocycles. The summed E-state index contributed by atoms with van der Waals surface area (Å²) in [7, 11) is 1.87. The molecule has 3 rings (SSSR count). The lowest BCUT2D eigenvalue weighted by molar-refractivity contribution is 0.673. The maximum atomic E-state index is 4.64. The highest BCUT2D eigenvalue weighted by molar-refractivity contribution is 14.0. The first-order valence-electron chi connectivity index (χ1n) is 8.20. The largest absolute Gasteiger partial charge is 0.357 e. The average Bonchev–Trinajstić information content (AvgIpc) is 3.29. The number of nitrogens with one attached hydrogen (secondary N) is 2. The zero-order valence-corrected chi connectivity index (χ0v) is 17.2. The second-order valence-corrected chi connectivity index (χ2v) is 5.47. The third kappa shape index (κ3) is 5.28. The summed E-state index contributed by atoms with van der Waals surface area (Å²) < 4.78 is 3.58. The van der Waals surface area contributed by atoms with Crippen molar-refractivity contribution in [1.82, 2.24) is 35.2 Å². The number of rotatable bonds is 6. The van der Waals surface area contributed by atoms with Crippen LogP contribution in [-0.2, 0) is 20.1 Å². The number of aryl methyl sites for hydroxylation is 1. The van der Waals surface area contributed by atoms with Crippen LogP contribution in [0.3, 0.4) is 0 Å². The van der Waals surface area contributed by atoms with Crippen LogP contribution in [0.5, 0.6) is 0 Å². The Morgan fingerprint density at radius 1 is 1.19 bits per heavy atom. The molecule has 0 amide bonds. The molecule has 9 heteroatoms. The van der Waals surface area contributed by atoms with Crippen molar-refractivity contribution in [2.45, 2.75) is 20.0 Å². The van der Waals surface area contributed by atoms with Gasteiger partial charge in [0.05, 0.1) is 18.8 Å². The first kappa shape index (κ1) is 19.9. The number of aliphatic imine (C=N–C) groups is 1. The third-order valence-corrected chi connectivity index (χ3v) is 3.66. The van der Waals surface area contributed by atoms with Crippen LogP contribution < -0.4 is 10.6 Å². The van der Waals surface area contributed by atoms with Crippen LogP contribution in [0.4, 0.5) is 0 Å². The van der Waals surface area contributed by atoms with Gasteiger partial charge in [-0.15, -0.1) is 24.0 Å². The van der Waals surface area contributed by atoms with E-state index < -0.39 is 0 Å². The first-order chi connectivity index (χ1) is 12.3. The summed E-state index contributed by atoms with van der Waals surface area (Å²) >= 11 is 0. The fourth-order valence-corrected chi connectivity index (χ4v) is 2.37. The van der Waals surface area contributed by atoms with Crippen LogP contribution in [0.15, 0.2) is 54.0 Å². The van der Waals surface area contributed by atoms with Crippen molar-refractivity contribution in [1.29, 1.82) is 0 Å². The second-order valence-electron chi connectivity index (χ2n) is 5.47. The van der Waals surface area contributed by atoms with E-state index in [2.05, 4.69) is 42.9 Å². The highest BCUT2D eigenvalue weighted by Gasteiger charge is 2.03. The fourth-order valence-electron chi connectivity index (χ4n) is 2.37. The summed E-state index contributed by atoms with van der Waals surface area (Å²) in [5.41, 5.74) is 2.14. The zero-order chi connectivity index (χ0) is 17.5. The summed E-state index contributed by atoms with van der Waals surface area (Å²) in [5.74, 6) is 1.60. The molecule has 0 saturated carbocycles. The third-order valence-electron chi connectivity index (χ3n) is 3.66. The molecule has 3 aromatic rings. The molecule has 0 aliphatic carbocycles. The van der Waals surface area contributed by atoms with Gasteiger partial charge in [0.15, 0.2) is 5.96 Å². The Kier molecular flexibility index (Phi) is 7.57. The van der Waals surface area contributed by atoms with Crippen LogP contribution in [0.25, 0.3) is 5.69 Å². The maximum Gasteiger partial charge on any atom is 0.191 e. The topological polar surface area (TPSA) is 84.9 Å². The highest BCUT2D eigenvalue weighted by Crippen LogP contribution is 2.10. The van der Waals surface area contributed by atoms with Gasteiger partial charge in [-0.25, -0.2) is 14.7 Å². The maximum absolute atomic E-state index is 4.64. The molecule has 26 heavy (non-hydrogen) atoms. The van der Waals surface area contributed by atoms with Gasteiger partial charge in [-0.05, 0) is 30.7 Å². The molecule has 0 bridgehead atoms. The summed E-state index contributed by atoms with van der Waals surface area (Å²) in [6, 6.07) is 10.1. The van der Waals surface area contributed by atoms with Gasteiger partial charge in [0, 0.05) is 26.0 Å². The van der Waals surface area contributed by atoms with Gasteiger partial charge in [0.1, 0.15) is 12.2 Å². The highest BCUT2D eigenvalue weighted by atomic mass is 127. The molecule has 0 aliphatic heterocycles. The van der Waals surface area contributed by atoms with Gasteiger partial charge in [0.2, 0.25) is 0 Å². The van der Waals surface area contributed by atoms with Gasteiger partial charge >= 0.3 is 0 Å². The van der Waals surface area contributed by atoms with Gasteiger partial charge in [-0.3, -0.25) is 4.68 Å². The van der Waals surface area contributed by atoms with Gasteiger partial charge in [-0.1, -0.05) is 12.1 Å². The normalized spacial score (nSPS) is 11.1. The van der Waals surface area contributed by atoms with Crippen LogP contribution in [-0.4, -0.2) is 37.0 Å². The zero-order valence-electron chi connectivity index (χ0n) is 14.8. The van der Waals surface area contributed by atoms with Gasteiger partial charge in [0.25, 0.3) is 0 Å². The Labute approximate surface area is 169 Å². The van der Waals surface area contributed by atoms with Crippen LogP contribution in [0.2, 0.25) is 0 Å². The minimum Gasteiger partial charge on any atom is -0.357 e. The van der Waals surface area contributed by atoms with E-state index in [1.807, 2.05) is 43.0 Å². The van der Waals surface area contributed by atoms with Crippen molar-refractivity contribution in [3.63, 3.8) is 0 Å².